The number of hydrogen-bond donors (Lipinski definition) is 1. The Hall–Kier alpha value is -3.02. The predicted octanol–water partition coefficient (Wildman–Crippen LogP) is 6.29. The van der Waals surface area contributed by atoms with E-state index in [0.717, 1.165) is 33.5 Å². The zero-order chi connectivity index (χ0) is 22.1. The predicted molar refractivity (Wildman–Crippen MR) is 123 cm³/mol. The maximum atomic E-state index is 11.4. The van der Waals surface area contributed by atoms with Crippen LogP contribution in [0.1, 0.15) is 32.9 Å². The van der Waals surface area contributed by atoms with Gasteiger partial charge in [-0.15, -0.1) is 0 Å². The van der Waals surface area contributed by atoms with Crippen molar-refractivity contribution in [2.45, 2.75) is 27.0 Å². The molecule has 0 atom stereocenters. The van der Waals surface area contributed by atoms with E-state index in [0.29, 0.717) is 22.3 Å². The zero-order valence-corrected chi connectivity index (χ0v) is 18.5. The van der Waals surface area contributed by atoms with E-state index in [1.54, 1.807) is 24.3 Å². The molecule has 0 saturated carbocycles. The summed E-state index contributed by atoms with van der Waals surface area (Å²) in [5, 5.41) is 10.6. The zero-order valence-electron chi connectivity index (χ0n) is 17.0. The Balaban J connectivity index is 1.68. The average Bonchev–Trinajstić information content (AvgIpc) is 3.04. The molecular formula is C24H20Cl2N2O3. The third-order valence-electron chi connectivity index (χ3n) is 5.15. The molecule has 0 aliphatic heterocycles. The van der Waals surface area contributed by atoms with E-state index in [-0.39, 0.29) is 12.2 Å². The molecule has 0 aliphatic rings. The van der Waals surface area contributed by atoms with E-state index in [9.17, 15) is 9.90 Å². The lowest BCUT2D eigenvalue weighted by molar-refractivity contribution is 0.0691. The van der Waals surface area contributed by atoms with Crippen LogP contribution >= 0.6 is 23.2 Å². The van der Waals surface area contributed by atoms with Gasteiger partial charge in [0.05, 0.1) is 17.6 Å². The Morgan fingerprint density at radius 2 is 1.87 bits per heavy atom. The van der Waals surface area contributed by atoms with E-state index < -0.39 is 5.97 Å². The molecule has 31 heavy (non-hydrogen) atoms. The van der Waals surface area contributed by atoms with Gasteiger partial charge in [0.2, 0.25) is 0 Å². The lowest BCUT2D eigenvalue weighted by atomic mass is 10.1. The minimum Gasteiger partial charge on any atom is -0.488 e. The molecule has 1 heterocycles. The van der Waals surface area contributed by atoms with Gasteiger partial charge >= 0.3 is 5.97 Å². The number of benzene rings is 3. The van der Waals surface area contributed by atoms with Gasteiger partial charge < -0.3 is 14.4 Å². The van der Waals surface area contributed by atoms with E-state index in [1.165, 1.54) is 6.07 Å². The summed E-state index contributed by atoms with van der Waals surface area (Å²) in [6.07, 6.45) is 0. The van der Waals surface area contributed by atoms with Crippen LogP contribution in [0.2, 0.25) is 10.0 Å². The third-order valence-corrected chi connectivity index (χ3v) is 5.74. The maximum Gasteiger partial charge on any atom is 0.339 e. The van der Waals surface area contributed by atoms with Crippen LogP contribution in [0.3, 0.4) is 0 Å². The Bertz CT molecular complexity index is 1300. The van der Waals surface area contributed by atoms with Gasteiger partial charge in [-0.2, -0.15) is 0 Å². The molecule has 4 aromatic rings. The van der Waals surface area contributed by atoms with Gasteiger partial charge in [0, 0.05) is 10.0 Å². The third kappa shape index (κ3) is 4.38. The van der Waals surface area contributed by atoms with Crippen LogP contribution < -0.4 is 4.74 Å². The monoisotopic (exact) mass is 454 g/mol. The number of aromatic carboxylic acids is 1. The molecule has 0 amide bonds. The number of nitrogens with zero attached hydrogens (tertiary/aromatic N) is 2. The van der Waals surface area contributed by atoms with Gasteiger partial charge in [-0.1, -0.05) is 47.5 Å². The summed E-state index contributed by atoms with van der Waals surface area (Å²) in [6.45, 7) is 4.77. The van der Waals surface area contributed by atoms with Crippen LogP contribution in [0.25, 0.3) is 11.0 Å². The fourth-order valence-electron chi connectivity index (χ4n) is 3.62. The van der Waals surface area contributed by atoms with Gasteiger partial charge in [0.25, 0.3) is 0 Å². The summed E-state index contributed by atoms with van der Waals surface area (Å²) < 4.78 is 7.94. The molecule has 1 aromatic heterocycles. The summed E-state index contributed by atoms with van der Waals surface area (Å²) in [6, 6.07) is 16.1. The van der Waals surface area contributed by atoms with Crippen LogP contribution in [0, 0.1) is 13.8 Å². The fraction of sp³-hybridized carbons (Fsp3) is 0.167. The number of hydrogen-bond acceptors (Lipinski definition) is 3. The molecule has 7 heteroatoms. The minimum atomic E-state index is -1.02. The number of carboxylic acid groups (broad SMARTS) is 1. The van der Waals surface area contributed by atoms with E-state index in [1.807, 2.05) is 38.1 Å². The second-order valence-electron chi connectivity index (χ2n) is 7.35. The van der Waals surface area contributed by atoms with Gasteiger partial charge in [0.1, 0.15) is 23.7 Å². The van der Waals surface area contributed by atoms with Crippen molar-refractivity contribution < 1.29 is 14.6 Å². The smallest absolute Gasteiger partial charge is 0.339 e. The standard InChI is InChI=1S/C24H20Cl2N2O3/c1-14-9-16(13-31-22-6-4-3-5-19(22)24(29)30)10-21-23(14)27-15(2)28(21)12-17-7-8-18(25)11-20(17)26/h3-11H,12-13H2,1-2H3,(H,29,30). The number of rotatable bonds is 6. The van der Waals surface area contributed by atoms with Crippen molar-refractivity contribution in [2.24, 2.45) is 0 Å². The lowest BCUT2D eigenvalue weighted by Gasteiger charge is -2.12. The molecule has 0 spiro atoms. The number of carboxylic acids is 1. The molecule has 158 valence electrons. The number of ether oxygens (including phenoxy) is 1. The molecule has 0 aliphatic carbocycles. The van der Waals surface area contributed by atoms with Crippen molar-refractivity contribution in [3.05, 3.63) is 92.7 Å². The van der Waals surface area contributed by atoms with Crippen LogP contribution in [-0.4, -0.2) is 20.6 Å². The number of aryl methyl sites for hydroxylation is 2. The van der Waals surface area contributed by atoms with Gasteiger partial charge in [0.15, 0.2) is 0 Å². The van der Waals surface area contributed by atoms with Crippen molar-refractivity contribution in [1.82, 2.24) is 9.55 Å². The molecule has 0 bridgehead atoms. The molecule has 1 N–H and O–H groups in total. The Morgan fingerprint density at radius 1 is 1.10 bits per heavy atom. The van der Waals surface area contributed by atoms with Crippen molar-refractivity contribution in [1.29, 1.82) is 0 Å². The SMILES string of the molecule is Cc1cc(COc2ccccc2C(=O)O)cc2c1nc(C)n2Cc1ccc(Cl)cc1Cl. The molecular weight excluding hydrogens is 435 g/mol. The highest BCUT2D eigenvalue weighted by molar-refractivity contribution is 6.35. The number of carbonyl (C=O) groups is 1. The van der Waals surface area contributed by atoms with Crippen molar-refractivity contribution in [2.75, 3.05) is 0 Å². The minimum absolute atomic E-state index is 0.138. The van der Waals surface area contributed by atoms with E-state index in [4.69, 9.17) is 32.9 Å². The summed E-state index contributed by atoms with van der Waals surface area (Å²) >= 11 is 12.4. The fourth-order valence-corrected chi connectivity index (χ4v) is 4.08. The molecule has 3 aromatic carbocycles. The quantitative estimate of drug-likeness (QED) is 0.371. The number of halogens is 2. The first-order chi connectivity index (χ1) is 14.8. The highest BCUT2D eigenvalue weighted by atomic mass is 35.5. The van der Waals surface area contributed by atoms with Crippen LogP contribution in [0.4, 0.5) is 0 Å². The summed E-state index contributed by atoms with van der Waals surface area (Å²) in [4.78, 5) is 16.1. The highest BCUT2D eigenvalue weighted by Crippen LogP contribution is 2.27. The summed E-state index contributed by atoms with van der Waals surface area (Å²) in [7, 11) is 0. The van der Waals surface area contributed by atoms with Crippen LogP contribution in [-0.2, 0) is 13.2 Å². The van der Waals surface area contributed by atoms with E-state index >= 15 is 0 Å². The van der Waals surface area contributed by atoms with Crippen molar-refractivity contribution in [3.8, 4) is 5.75 Å². The molecule has 0 unspecified atom stereocenters. The van der Waals surface area contributed by atoms with Gasteiger partial charge in [-0.25, -0.2) is 9.78 Å². The molecule has 0 fully saturated rings. The topological polar surface area (TPSA) is 64.3 Å². The number of fused-ring (bicyclic) bond motifs is 1. The van der Waals surface area contributed by atoms with Crippen LogP contribution in [0.15, 0.2) is 54.6 Å². The highest BCUT2D eigenvalue weighted by Gasteiger charge is 2.14. The first-order valence-corrected chi connectivity index (χ1v) is 10.4. The average molecular weight is 455 g/mol. The number of aromatic nitrogens is 2. The molecule has 4 rings (SSSR count). The first-order valence-electron chi connectivity index (χ1n) is 9.69. The molecule has 0 saturated heterocycles. The van der Waals surface area contributed by atoms with Gasteiger partial charge in [-0.3, -0.25) is 0 Å². The normalized spacial score (nSPS) is 11.1. The second kappa shape index (κ2) is 8.61. The summed E-state index contributed by atoms with van der Waals surface area (Å²) in [5.41, 5.74) is 4.91. The molecule has 5 nitrogen and oxygen atoms in total. The number of imidazole rings is 1. The Kier molecular flexibility index (Phi) is 5.90. The first kappa shape index (κ1) is 21.2. The summed E-state index contributed by atoms with van der Waals surface area (Å²) in [5.74, 6) is 0.194. The van der Waals surface area contributed by atoms with Crippen LogP contribution in [0.5, 0.6) is 5.75 Å². The molecule has 0 radical (unpaired) electrons. The number of para-hydroxylation sites is 1. The van der Waals surface area contributed by atoms with Gasteiger partial charge in [-0.05, 0) is 60.9 Å². The Labute approximate surface area is 189 Å². The maximum absolute atomic E-state index is 11.4. The van der Waals surface area contributed by atoms with E-state index in [2.05, 4.69) is 4.57 Å². The lowest BCUT2D eigenvalue weighted by Crippen LogP contribution is -2.05. The van der Waals surface area contributed by atoms with Crippen molar-refractivity contribution >= 4 is 40.2 Å². The largest absolute Gasteiger partial charge is 0.488 e. The second-order valence-corrected chi connectivity index (χ2v) is 8.19. The van der Waals surface area contributed by atoms with Crippen molar-refractivity contribution in [3.63, 3.8) is 0 Å². The Morgan fingerprint density at radius 3 is 2.61 bits per heavy atom.